The van der Waals surface area contributed by atoms with Crippen molar-refractivity contribution in [1.29, 1.82) is 0 Å². The number of hydrogen-bond acceptors (Lipinski definition) is 3. The second kappa shape index (κ2) is 4.82. The number of phenols is 1. The summed E-state index contributed by atoms with van der Waals surface area (Å²) in [6.45, 7) is 2.17. The van der Waals surface area contributed by atoms with Crippen LogP contribution in [-0.2, 0) is 16.0 Å². The molecule has 5 atom stereocenters. The van der Waals surface area contributed by atoms with Gasteiger partial charge in [-0.15, -0.1) is 0 Å². The van der Waals surface area contributed by atoms with Gasteiger partial charge < -0.3 is 9.84 Å². The van der Waals surface area contributed by atoms with Crippen molar-refractivity contribution in [1.82, 2.24) is 0 Å². The minimum atomic E-state index is -0.184. The van der Waals surface area contributed by atoms with E-state index in [0.717, 1.165) is 25.7 Å². The van der Waals surface area contributed by atoms with Gasteiger partial charge in [0.1, 0.15) is 11.5 Å². The molecule has 22 heavy (non-hydrogen) atoms. The fraction of sp³-hybridized carbons (Fsp3) is 0.632. The van der Waals surface area contributed by atoms with Gasteiger partial charge in [-0.2, -0.15) is 0 Å². The minimum absolute atomic E-state index is 0.0870. The van der Waals surface area contributed by atoms with Gasteiger partial charge in [0.15, 0.2) is 0 Å². The Balaban J connectivity index is 1.74. The monoisotopic (exact) mass is 300 g/mol. The van der Waals surface area contributed by atoms with Crippen molar-refractivity contribution in [2.75, 3.05) is 7.11 Å². The first kappa shape index (κ1) is 14.3. The third-order valence-corrected chi connectivity index (χ3v) is 6.69. The van der Waals surface area contributed by atoms with Crippen LogP contribution in [0, 0.1) is 17.3 Å². The van der Waals surface area contributed by atoms with Gasteiger partial charge in [0, 0.05) is 24.9 Å². The Hall–Kier alpha value is -1.35. The highest BCUT2D eigenvalue weighted by Gasteiger charge is 2.59. The van der Waals surface area contributed by atoms with E-state index in [2.05, 4.69) is 13.0 Å². The van der Waals surface area contributed by atoms with E-state index in [1.165, 1.54) is 11.1 Å². The Kier molecular flexibility index (Phi) is 3.12. The first-order valence-electron chi connectivity index (χ1n) is 8.42. The summed E-state index contributed by atoms with van der Waals surface area (Å²) in [7, 11) is 1.75. The molecular formula is C19H24O3. The maximum atomic E-state index is 12.6. The summed E-state index contributed by atoms with van der Waals surface area (Å²) >= 11 is 0. The number of ketones is 1. The standard InChI is InChI=1S/C19H24O3/c1-19-8-7-14-13-6-4-12(20)9-11(13)3-5-15(14)18(19)16(22-2)10-17(19)21/h4,6,9,14-16,18,20H,3,5,7-8,10H2,1-2H3/t14-,15-,16?,18-,19-/m1/s1. The van der Waals surface area contributed by atoms with E-state index in [-0.39, 0.29) is 11.5 Å². The van der Waals surface area contributed by atoms with E-state index in [1.807, 2.05) is 12.1 Å². The molecule has 0 heterocycles. The lowest BCUT2D eigenvalue weighted by Crippen LogP contribution is -2.45. The van der Waals surface area contributed by atoms with Gasteiger partial charge in [-0.25, -0.2) is 0 Å². The molecule has 1 aromatic rings. The van der Waals surface area contributed by atoms with Crippen molar-refractivity contribution in [3.63, 3.8) is 0 Å². The van der Waals surface area contributed by atoms with Crippen LogP contribution in [0.2, 0.25) is 0 Å². The van der Waals surface area contributed by atoms with Crippen molar-refractivity contribution >= 4 is 5.78 Å². The summed E-state index contributed by atoms with van der Waals surface area (Å²) in [6, 6.07) is 5.83. The lowest BCUT2D eigenvalue weighted by atomic mass is 9.55. The molecule has 3 nitrogen and oxygen atoms in total. The number of hydrogen-bond donors (Lipinski definition) is 1. The Morgan fingerprint density at radius 3 is 2.91 bits per heavy atom. The van der Waals surface area contributed by atoms with Gasteiger partial charge in [-0.3, -0.25) is 4.79 Å². The van der Waals surface area contributed by atoms with Crippen LogP contribution < -0.4 is 0 Å². The number of rotatable bonds is 1. The Morgan fingerprint density at radius 1 is 1.32 bits per heavy atom. The van der Waals surface area contributed by atoms with Crippen LogP contribution in [0.1, 0.15) is 49.7 Å². The molecule has 3 aliphatic carbocycles. The number of carbonyl (C=O) groups is 1. The van der Waals surface area contributed by atoms with E-state index in [0.29, 0.717) is 35.7 Å². The second-order valence-electron chi connectivity index (χ2n) is 7.58. The molecule has 0 saturated heterocycles. The summed E-state index contributed by atoms with van der Waals surface area (Å²) in [5, 5.41) is 9.73. The fourth-order valence-corrected chi connectivity index (χ4v) is 5.60. The number of fused-ring (bicyclic) bond motifs is 5. The van der Waals surface area contributed by atoms with E-state index < -0.39 is 0 Å². The predicted octanol–water partition coefficient (Wildman–Crippen LogP) is 3.44. The van der Waals surface area contributed by atoms with Gasteiger partial charge in [-0.1, -0.05) is 13.0 Å². The quantitative estimate of drug-likeness (QED) is 0.864. The molecule has 0 aliphatic heterocycles. The molecule has 2 fully saturated rings. The highest BCUT2D eigenvalue weighted by molar-refractivity contribution is 5.88. The van der Waals surface area contributed by atoms with Crippen LogP contribution in [0.3, 0.4) is 0 Å². The normalized spacial score (nSPS) is 40.0. The SMILES string of the molecule is COC1CC(=O)[C@@]2(C)CC[C@@H]3c4ccc(O)cc4CC[C@H]3[C@H]12. The van der Waals surface area contributed by atoms with Crippen LogP contribution in [0.4, 0.5) is 0 Å². The van der Waals surface area contributed by atoms with Gasteiger partial charge in [-0.05, 0) is 60.8 Å². The molecule has 1 N–H and O–H groups in total. The second-order valence-corrected chi connectivity index (χ2v) is 7.58. The molecule has 0 radical (unpaired) electrons. The number of aryl methyl sites for hydroxylation is 1. The molecule has 1 unspecified atom stereocenters. The zero-order valence-corrected chi connectivity index (χ0v) is 13.3. The molecule has 2 saturated carbocycles. The fourth-order valence-electron chi connectivity index (χ4n) is 5.60. The summed E-state index contributed by atoms with van der Waals surface area (Å²) in [5.74, 6) is 2.17. The van der Waals surface area contributed by atoms with Crippen LogP contribution in [-0.4, -0.2) is 24.1 Å². The molecule has 3 aliphatic rings. The molecule has 0 amide bonds. The van der Waals surface area contributed by atoms with Crippen LogP contribution in [0.15, 0.2) is 18.2 Å². The highest BCUT2D eigenvalue weighted by Crippen LogP contribution is 2.60. The molecule has 0 spiro atoms. The van der Waals surface area contributed by atoms with Gasteiger partial charge in [0.2, 0.25) is 0 Å². The van der Waals surface area contributed by atoms with Crippen molar-refractivity contribution in [2.45, 2.75) is 51.0 Å². The zero-order valence-electron chi connectivity index (χ0n) is 13.3. The smallest absolute Gasteiger partial charge is 0.141 e. The highest BCUT2D eigenvalue weighted by atomic mass is 16.5. The molecule has 3 heteroatoms. The van der Waals surface area contributed by atoms with Crippen molar-refractivity contribution in [2.24, 2.45) is 17.3 Å². The molecule has 0 bridgehead atoms. The summed E-state index contributed by atoms with van der Waals surface area (Å²) in [5.41, 5.74) is 2.50. The Morgan fingerprint density at radius 2 is 2.14 bits per heavy atom. The molecule has 4 rings (SSSR count). The third kappa shape index (κ3) is 1.81. The van der Waals surface area contributed by atoms with E-state index in [1.54, 1.807) is 7.11 Å². The van der Waals surface area contributed by atoms with E-state index in [4.69, 9.17) is 4.74 Å². The first-order valence-corrected chi connectivity index (χ1v) is 8.42. The van der Waals surface area contributed by atoms with Crippen molar-refractivity contribution < 1.29 is 14.6 Å². The van der Waals surface area contributed by atoms with Crippen LogP contribution in [0.5, 0.6) is 5.75 Å². The number of aromatic hydroxyl groups is 1. The summed E-state index contributed by atoms with van der Waals surface area (Å²) in [4.78, 5) is 12.6. The Bertz CT molecular complexity index is 623. The van der Waals surface area contributed by atoms with Crippen LogP contribution >= 0.6 is 0 Å². The largest absolute Gasteiger partial charge is 0.508 e. The molecule has 1 aromatic carbocycles. The number of Topliss-reactive ketones (excluding diaryl/α,β-unsaturated/α-hetero) is 1. The summed E-state index contributed by atoms with van der Waals surface area (Å²) in [6.07, 6.45) is 4.83. The maximum absolute atomic E-state index is 12.6. The molecular weight excluding hydrogens is 276 g/mol. The number of benzene rings is 1. The number of ether oxygens (including phenoxy) is 1. The predicted molar refractivity (Wildman–Crippen MR) is 83.9 cm³/mol. The lowest BCUT2D eigenvalue weighted by Gasteiger charge is -2.49. The average molecular weight is 300 g/mol. The molecule has 118 valence electrons. The van der Waals surface area contributed by atoms with Crippen molar-refractivity contribution in [3.8, 4) is 5.75 Å². The van der Waals surface area contributed by atoms with Gasteiger partial charge >= 0.3 is 0 Å². The number of carbonyl (C=O) groups excluding carboxylic acids is 1. The number of phenolic OH excluding ortho intramolecular Hbond substituents is 1. The average Bonchev–Trinajstić information content (AvgIpc) is 2.78. The first-order chi connectivity index (χ1) is 10.5. The lowest BCUT2D eigenvalue weighted by molar-refractivity contribution is -0.129. The molecule has 0 aromatic heterocycles. The van der Waals surface area contributed by atoms with Crippen LogP contribution in [0.25, 0.3) is 0 Å². The third-order valence-electron chi connectivity index (χ3n) is 6.69. The van der Waals surface area contributed by atoms with E-state index >= 15 is 0 Å². The topological polar surface area (TPSA) is 46.5 Å². The van der Waals surface area contributed by atoms with Gasteiger partial charge in [0.05, 0.1) is 6.10 Å². The zero-order chi connectivity index (χ0) is 15.5. The maximum Gasteiger partial charge on any atom is 0.141 e. The number of methoxy groups -OCH3 is 1. The Labute approximate surface area is 131 Å². The van der Waals surface area contributed by atoms with Gasteiger partial charge in [0.25, 0.3) is 0 Å². The van der Waals surface area contributed by atoms with Crippen molar-refractivity contribution in [3.05, 3.63) is 29.3 Å². The minimum Gasteiger partial charge on any atom is -0.508 e. The van der Waals surface area contributed by atoms with E-state index in [9.17, 15) is 9.90 Å². The summed E-state index contributed by atoms with van der Waals surface area (Å²) < 4.78 is 5.71.